The SMILES string of the molecule is N#Cc1c(F)cccc1N1CCCC1CN. The molecule has 1 unspecified atom stereocenters. The van der Waals surface area contributed by atoms with Crippen molar-refractivity contribution in [2.45, 2.75) is 18.9 Å². The molecule has 16 heavy (non-hydrogen) atoms. The van der Waals surface area contributed by atoms with Crippen LogP contribution in [0.25, 0.3) is 0 Å². The molecule has 4 heteroatoms. The highest BCUT2D eigenvalue weighted by atomic mass is 19.1. The van der Waals surface area contributed by atoms with Gasteiger partial charge >= 0.3 is 0 Å². The van der Waals surface area contributed by atoms with Crippen molar-refractivity contribution in [1.29, 1.82) is 5.26 Å². The third-order valence-corrected chi connectivity index (χ3v) is 3.06. The fourth-order valence-corrected chi connectivity index (χ4v) is 2.26. The van der Waals surface area contributed by atoms with Gasteiger partial charge in [0.1, 0.15) is 17.4 Å². The van der Waals surface area contributed by atoms with E-state index in [2.05, 4.69) is 0 Å². The standard InChI is InChI=1S/C12H14FN3/c13-11-4-1-5-12(10(11)8-15)16-6-2-3-9(16)7-14/h1,4-5,9H,2-3,6-7,14H2. The molecule has 84 valence electrons. The molecule has 1 atom stereocenters. The van der Waals surface area contributed by atoms with E-state index >= 15 is 0 Å². The molecule has 0 spiro atoms. The predicted octanol–water partition coefficient (Wildman–Crippen LogP) is 1.62. The van der Waals surface area contributed by atoms with Crippen molar-refractivity contribution in [3.05, 3.63) is 29.6 Å². The van der Waals surface area contributed by atoms with Gasteiger partial charge < -0.3 is 10.6 Å². The summed E-state index contributed by atoms with van der Waals surface area (Å²) in [5, 5.41) is 8.97. The summed E-state index contributed by atoms with van der Waals surface area (Å²) < 4.78 is 13.5. The van der Waals surface area contributed by atoms with Gasteiger partial charge in [-0.3, -0.25) is 0 Å². The van der Waals surface area contributed by atoms with Gasteiger partial charge in [0, 0.05) is 19.1 Å². The average molecular weight is 219 g/mol. The third kappa shape index (κ3) is 1.74. The zero-order chi connectivity index (χ0) is 11.5. The van der Waals surface area contributed by atoms with Crippen LogP contribution in [0.15, 0.2) is 18.2 Å². The molecule has 1 heterocycles. The molecule has 1 saturated heterocycles. The van der Waals surface area contributed by atoms with Gasteiger partial charge in [0.2, 0.25) is 0 Å². The molecule has 1 aliphatic heterocycles. The topological polar surface area (TPSA) is 53.0 Å². The van der Waals surface area contributed by atoms with E-state index in [1.54, 1.807) is 12.1 Å². The molecule has 3 nitrogen and oxygen atoms in total. The van der Waals surface area contributed by atoms with Gasteiger partial charge in [-0.05, 0) is 25.0 Å². The molecule has 1 aromatic carbocycles. The smallest absolute Gasteiger partial charge is 0.143 e. The molecule has 0 radical (unpaired) electrons. The van der Waals surface area contributed by atoms with Gasteiger partial charge in [0.25, 0.3) is 0 Å². The van der Waals surface area contributed by atoms with E-state index in [1.807, 2.05) is 11.0 Å². The van der Waals surface area contributed by atoms with E-state index in [0.717, 1.165) is 19.4 Å². The fraction of sp³-hybridized carbons (Fsp3) is 0.417. The van der Waals surface area contributed by atoms with Crippen LogP contribution >= 0.6 is 0 Å². The van der Waals surface area contributed by atoms with Crippen LogP contribution in [0.3, 0.4) is 0 Å². The molecule has 0 aliphatic carbocycles. The zero-order valence-electron chi connectivity index (χ0n) is 8.99. The molecule has 1 aromatic rings. The summed E-state index contributed by atoms with van der Waals surface area (Å²) >= 11 is 0. The Morgan fingerprint density at radius 2 is 2.38 bits per heavy atom. The Balaban J connectivity index is 2.40. The Bertz CT molecular complexity index is 425. The van der Waals surface area contributed by atoms with Crippen molar-refractivity contribution in [2.75, 3.05) is 18.0 Å². The van der Waals surface area contributed by atoms with Crippen LogP contribution in [0.5, 0.6) is 0 Å². The number of benzene rings is 1. The van der Waals surface area contributed by atoms with Gasteiger partial charge in [-0.25, -0.2) is 4.39 Å². The summed E-state index contributed by atoms with van der Waals surface area (Å²) in [6, 6.07) is 6.90. The first-order valence-electron chi connectivity index (χ1n) is 5.43. The molecule has 0 aromatic heterocycles. The first-order valence-corrected chi connectivity index (χ1v) is 5.43. The van der Waals surface area contributed by atoms with E-state index in [9.17, 15) is 4.39 Å². The van der Waals surface area contributed by atoms with Crippen molar-refractivity contribution < 1.29 is 4.39 Å². The number of nitrogens with zero attached hydrogens (tertiary/aromatic N) is 2. The molecular weight excluding hydrogens is 205 g/mol. The van der Waals surface area contributed by atoms with E-state index in [4.69, 9.17) is 11.0 Å². The summed E-state index contributed by atoms with van der Waals surface area (Å²) in [6.07, 6.45) is 2.06. The molecule has 0 saturated carbocycles. The number of hydrogen-bond acceptors (Lipinski definition) is 3. The molecule has 0 bridgehead atoms. The zero-order valence-corrected chi connectivity index (χ0v) is 8.99. The lowest BCUT2D eigenvalue weighted by Gasteiger charge is -2.26. The van der Waals surface area contributed by atoms with Gasteiger partial charge in [-0.2, -0.15) is 5.26 Å². The second kappa shape index (κ2) is 4.50. The Morgan fingerprint density at radius 1 is 1.56 bits per heavy atom. The number of halogens is 1. The molecule has 2 N–H and O–H groups in total. The molecule has 1 fully saturated rings. The van der Waals surface area contributed by atoms with Crippen LogP contribution in [0.4, 0.5) is 10.1 Å². The normalized spacial score (nSPS) is 19.8. The van der Waals surface area contributed by atoms with E-state index in [1.165, 1.54) is 6.07 Å². The molecule has 1 aliphatic rings. The van der Waals surface area contributed by atoms with Crippen molar-refractivity contribution in [2.24, 2.45) is 5.73 Å². The lowest BCUT2D eigenvalue weighted by atomic mass is 10.1. The Kier molecular flexibility index (Phi) is 3.07. The summed E-state index contributed by atoms with van der Waals surface area (Å²) in [5.74, 6) is -0.456. The summed E-state index contributed by atoms with van der Waals surface area (Å²) in [5.41, 5.74) is 6.48. The maximum absolute atomic E-state index is 13.5. The number of anilines is 1. The van der Waals surface area contributed by atoms with Crippen LogP contribution < -0.4 is 10.6 Å². The van der Waals surface area contributed by atoms with Crippen molar-refractivity contribution in [1.82, 2.24) is 0 Å². The lowest BCUT2D eigenvalue weighted by molar-refractivity contribution is 0.619. The minimum atomic E-state index is -0.456. The molecule has 0 amide bonds. The Hall–Kier alpha value is -1.60. The number of nitrogens with two attached hydrogens (primary N) is 1. The summed E-state index contributed by atoms with van der Waals surface area (Å²) in [6.45, 7) is 1.39. The fourth-order valence-electron chi connectivity index (χ4n) is 2.26. The third-order valence-electron chi connectivity index (χ3n) is 3.06. The van der Waals surface area contributed by atoms with Gasteiger partial charge in [-0.1, -0.05) is 6.07 Å². The minimum absolute atomic E-state index is 0.128. The first-order chi connectivity index (χ1) is 7.77. The minimum Gasteiger partial charge on any atom is -0.366 e. The van der Waals surface area contributed by atoms with Crippen molar-refractivity contribution in [3.63, 3.8) is 0 Å². The van der Waals surface area contributed by atoms with Gasteiger partial charge in [-0.15, -0.1) is 0 Å². The number of hydrogen-bond donors (Lipinski definition) is 1. The highest BCUT2D eigenvalue weighted by molar-refractivity contribution is 5.61. The van der Waals surface area contributed by atoms with Crippen LogP contribution in [0, 0.1) is 17.1 Å². The Morgan fingerprint density at radius 3 is 3.06 bits per heavy atom. The van der Waals surface area contributed by atoms with Crippen LogP contribution in [0.1, 0.15) is 18.4 Å². The second-order valence-electron chi connectivity index (χ2n) is 3.97. The van der Waals surface area contributed by atoms with Crippen molar-refractivity contribution in [3.8, 4) is 6.07 Å². The monoisotopic (exact) mass is 219 g/mol. The largest absolute Gasteiger partial charge is 0.366 e. The van der Waals surface area contributed by atoms with Crippen molar-refractivity contribution >= 4 is 5.69 Å². The lowest BCUT2D eigenvalue weighted by Crippen LogP contribution is -2.35. The highest BCUT2D eigenvalue weighted by Crippen LogP contribution is 2.29. The van der Waals surface area contributed by atoms with Crippen LogP contribution in [-0.4, -0.2) is 19.1 Å². The Labute approximate surface area is 94.3 Å². The number of rotatable bonds is 2. The van der Waals surface area contributed by atoms with E-state index in [-0.39, 0.29) is 11.6 Å². The molecule has 2 rings (SSSR count). The van der Waals surface area contributed by atoms with Crippen LogP contribution in [0.2, 0.25) is 0 Å². The number of nitriles is 1. The average Bonchev–Trinajstić information content (AvgIpc) is 2.76. The molecular formula is C12H14FN3. The maximum atomic E-state index is 13.5. The van der Waals surface area contributed by atoms with Crippen LogP contribution in [-0.2, 0) is 0 Å². The summed E-state index contributed by atoms with van der Waals surface area (Å²) in [4.78, 5) is 2.04. The van der Waals surface area contributed by atoms with E-state index < -0.39 is 5.82 Å². The van der Waals surface area contributed by atoms with Gasteiger partial charge in [0.15, 0.2) is 0 Å². The quantitative estimate of drug-likeness (QED) is 0.822. The van der Waals surface area contributed by atoms with E-state index in [0.29, 0.717) is 12.2 Å². The summed E-state index contributed by atoms with van der Waals surface area (Å²) in [7, 11) is 0. The second-order valence-corrected chi connectivity index (χ2v) is 3.97. The maximum Gasteiger partial charge on any atom is 0.143 e. The first kappa shape index (κ1) is 10.9. The van der Waals surface area contributed by atoms with Gasteiger partial charge in [0.05, 0.1) is 5.69 Å². The highest BCUT2D eigenvalue weighted by Gasteiger charge is 2.26. The predicted molar refractivity (Wildman–Crippen MR) is 60.5 cm³/mol.